The van der Waals surface area contributed by atoms with E-state index in [4.69, 9.17) is 19.7 Å². The fourth-order valence-electron chi connectivity index (χ4n) is 1.87. The molecule has 0 saturated carbocycles. The van der Waals surface area contributed by atoms with Crippen molar-refractivity contribution < 1.29 is 14.0 Å². The van der Waals surface area contributed by atoms with Crippen LogP contribution in [0.25, 0.3) is 11.3 Å². The van der Waals surface area contributed by atoms with Crippen molar-refractivity contribution >= 4 is 5.88 Å². The lowest BCUT2D eigenvalue weighted by molar-refractivity contribution is 0.394. The van der Waals surface area contributed by atoms with E-state index in [1.54, 1.807) is 20.3 Å². The van der Waals surface area contributed by atoms with E-state index in [0.717, 1.165) is 29.0 Å². The summed E-state index contributed by atoms with van der Waals surface area (Å²) in [6.07, 6.45) is 0.750. The SMILES string of the molecule is CCc1c(-c2ccc(OC)cc2OC)noc1N. The van der Waals surface area contributed by atoms with E-state index in [0.29, 0.717) is 11.6 Å². The molecule has 1 aromatic carbocycles. The van der Waals surface area contributed by atoms with Crippen LogP contribution in [-0.4, -0.2) is 19.4 Å². The third-order valence-corrected chi connectivity index (χ3v) is 2.84. The van der Waals surface area contributed by atoms with Crippen LogP contribution in [0.2, 0.25) is 0 Å². The van der Waals surface area contributed by atoms with Crippen molar-refractivity contribution in [2.45, 2.75) is 13.3 Å². The van der Waals surface area contributed by atoms with Gasteiger partial charge in [-0.15, -0.1) is 0 Å². The Kier molecular flexibility index (Phi) is 3.41. The number of nitrogens with two attached hydrogens (primary N) is 1. The van der Waals surface area contributed by atoms with E-state index in [1.807, 2.05) is 19.1 Å². The molecule has 2 aromatic rings. The van der Waals surface area contributed by atoms with Crippen LogP contribution in [-0.2, 0) is 6.42 Å². The van der Waals surface area contributed by atoms with E-state index in [2.05, 4.69) is 5.16 Å². The summed E-state index contributed by atoms with van der Waals surface area (Å²) in [7, 11) is 3.22. The zero-order valence-corrected chi connectivity index (χ0v) is 10.7. The Hall–Kier alpha value is -2.17. The van der Waals surface area contributed by atoms with Crippen LogP contribution in [0.5, 0.6) is 11.5 Å². The third kappa shape index (κ3) is 1.99. The summed E-state index contributed by atoms with van der Waals surface area (Å²) in [4.78, 5) is 0. The van der Waals surface area contributed by atoms with Gasteiger partial charge in [0.2, 0.25) is 5.88 Å². The molecule has 0 atom stereocenters. The predicted molar refractivity (Wildman–Crippen MR) is 68.8 cm³/mol. The number of benzene rings is 1. The minimum atomic E-state index is 0.352. The lowest BCUT2D eigenvalue weighted by Gasteiger charge is -2.09. The van der Waals surface area contributed by atoms with E-state index >= 15 is 0 Å². The zero-order valence-electron chi connectivity index (χ0n) is 10.7. The minimum Gasteiger partial charge on any atom is -0.497 e. The van der Waals surface area contributed by atoms with Crippen molar-refractivity contribution in [2.75, 3.05) is 20.0 Å². The Bertz CT molecular complexity index is 549. The quantitative estimate of drug-likeness (QED) is 0.900. The highest BCUT2D eigenvalue weighted by molar-refractivity contribution is 5.73. The van der Waals surface area contributed by atoms with Crippen LogP contribution >= 0.6 is 0 Å². The number of hydrogen-bond acceptors (Lipinski definition) is 5. The molecule has 5 heteroatoms. The number of hydrogen-bond donors (Lipinski definition) is 1. The number of anilines is 1. The molecule has 0 radical (unpaired) electrons. The minimum absolute atomic E-state index is 0.352. The standard InChI is InChI=1S/C13H16N2O3/c1-4-9-12(15-18-13(9)14)10-6-5-8(16-2)7-11(10)17-3/h5-7H,4,14H2,1-3H3. The molecule has 0 aliphatic rings. The lowest BCUT2D eigenvalue weighted by atomic mass is 10.0. The van der Waals surface area contributed by atoms with Gasteiger partial charge in [0.05, 0.1) is 14.2 Å². The Morgan fingerprint density at radius 1 is 1.28 bits per heavy atom. The topological polar surface area (TPSA) is 70.5 Å². The molecule has 0 spiro atoms. The molecule has 1 aromatic heterocycles. The normalized spacial score (nSPS) is 10.4. The van der Waals surface area contributed by atoms with Crippen molar-refractivity contribution in [3.05, 3.63) is 23.8 Å². The zero-order chi connectivity index (χ0) is 13.1. The molecular weight excluding hydrogens is 232 g/mol. The number of nitrogen functional groups attached to an aromatic ring is 1. The maximum Gasteiger partial charge on any atom is 0.225 e. The molecule has 0 fully saturated rings. The molecule has 0 aliphatic heterocycles. The van der Waals surface area contributed by atoms with Crippen molar-refractivity contribution in [3.63, 3.8) is 0 Å². The average Bonchev–Trinajstić information content (AvgIpc) is 2.78. The lowest BCUT2D eigenvalue weighted by Crippen LogP contribution is -1.94. The Labute approximate surface area is 105 Å². The van der Waals surface area contributed by atoms with Gasteiger partial charge < -0.3 is 19.7 Å². The van der Waals surface area contributed by atoms with Crippen molar-refractivity contribution in [1.82, 2.24) is 5.16 Å². The molecule has 5 nitrogen and oxygen atoms in total. The van der Waals surface area contributed by atoms with Gasteiger partial charge in [-0.3, -0.25) is 0 Å². The molecule has 2 rings (SSSR count). The molecule has 0 aliphatic carbocycles. The highest BCUT2D eigenvalue weighted by Gasteiger charge is 2.17. The smallest absolute Gasteiger partial charge is 0.225 e. The second-order valence-corrected chi connectivity index (χ2v) is 3.79. The third-order valence-electron chi connectivity index (χ3n) is 2.84. The van der Waals surface area contributed by atoms with Crippen LogP contribution in [0.4, 0.5) is 5.88 Å². The van der Waals surface area contributed by atoms with Crippen LogP contribution in [0, 0.1) is 0 Å². The van der Waals surface area contributed by atoms with Crippen molar-refractivity contribution in [3.8, 4) is 22.8 Å². The van der Waals surface area contributed by atoms with Crippen molar-refractivity contribution in [2.24, 2.45) is 0 Å². The molecule has 96 valence electrons. The van der Waals surface area contributed by atoms with Gasteiger partial charge in [0.25, 0.3) is 0 Å². The molecule has 2 N–H and O–H groups in total. The molecule has 18 heavy (non-hydrogen) atoms. The Balaban J connectivity index is 2.56. The highest BCUT2D eigenvalue weighted by atomic mass is 16.5. The second kappa shape index (κ2) is 5.00. The van der Waals surface area contributed by atoms with Gasteiger partial charge in [-0.05, 0) is 18.6 Å². The van der Waals surface area contributed by atoms with E-state index in [1.165, 1.54) is 0 Å². The molecule has 1 heterocycles. The van der Waals surface area contributed by atoms with Crippen LogP contribution in [0.15, 0.2) is 22.7 Å². The van der Waals surface area contributed by atoms with E-state index in [-0.39, 0.29) is 0 Å². The highest BCUT2D eigenvalue weighted by Crippen LogP contribution is 2.36. The summed E-state index contributed by atoms with van der Waals surface area (Å²) >= 11 is 0. The summed E-state index contributed by atoms with van der Waals surface area (Å²) in [5, 5.41) is 4.00. The Morgan fingerprint density at radius 2 is 2.06 bits per heavy atom. The van der Waals surface area contributed by atoms with Gasteiger partial charge in [0.1, 0.15) is 17.2 Å². The van der Waals surface area contributed by atoms with Gasteiger partial charge in [-0.25, -0.2) is 0 Å². The van der Waals surface area contributed by atoms with E-state index < -0.39 is 0 Å². The van der Waals surface area contributed by atoms with Gasteiger partial charge in [0, 0.05) is 17.2 Å². The molecule has 0 amide bonds. The maximum absolute atomic E-state index is 5.74. The van der Waals surface area contributed by atoms with Crippen LogP contribution in [0.3, 0.4) is 0 Å². The largest absolute Gasteiger partial charge is 0.497 e. The van der Waals surface area contributed by atoms with Gasteiger partial charge in [-0.2, -0.15) is 0 Å². The second-order valence-electron chi connectivity index (χ2n) is 3.79. The number of methoxy groups -OCH3 is 2. The Morgan fingerprint density at radius 3 is 2.67 bits per heavy atom. The van der Waals surface area contributed by atoms with Crippen molar-refractivity contribution in [1.29, 1.82) is 0 Å². The first-order valence-electron chi connectivity index (χ1n) is 5.67. The van der Waals surface area contributed by atoms with Crippen LogP contribution < -0.4 is 15.2 Å². The summed E-state index contributed by atoms with van der Waals surface area (Å²) in [6, 6.07) is 5.54. The average molecular weight is 248 g/mol. The van der Waals surface area contributed by atoms with Gasteiger partial charge >= 0.3 is 0 Å². The van der Waals surface area contributed by atoms with Crippen LogP contribution in [0.1, 0.15) is 12.5 Å². The first-order valence-corrected chi connectivity index (χ1v) is 5.67. The molecular formula is C13H16N2O3. The summed E-state index contributed by atoms with van der Waals surface area (Å²) in [6.45, 7) is 2.00. The van der Waals surface area contributed by atoms with E-state index in [9.17, 15) is 0 Å². The fourth-order valence-corrected chi connectivity index (χ4v) is 1.87. The first-order chi connectivity index (χ1) is 8.71. The maximum atomic E-state index is 5.74. The molecule has 0 saturated heterocycles. The van der Waals surface area contributed by atoms with Gasteiger partial charge in [0.15, 0.2) is 0 Å². The van der Waals surface area contributed by atoms with Gasteiger partial charge in [-0.1, -0.05) is 12.1 Å². The summed E-state index contributed by atoms with van der Waals surface area (Å²) < 4.78 is 15.5. The monoisotopic (exact) mass is 248 g/mol. The number of nitrogens with zero attached hydrogens (tertiary/aromatic N) is 1. The number of ether oxygens (including phenoxy) is 2. The summed E-state index contributed by atoms with van der Waals surface area (Å²) in [5.74, 6) is 1.76. The molecule has 0 bridgehead atoms. The first kappa shape index (κ1) is 12.3. The number of rotatable bonds is 4. The predicted octanol–water partition coefficient (Wildman–Crippen LogP) is 2.50. The molecule has 0 unspecified atom stereocenters. The number of aromatic nitrogens is 1. The summed E-state index contributed by atoms with van der Waals surface area (Å²) in [5.41, 5.74) is 8.19. The fraction of sp³-hybridized carbons (Fsp3) is 0.308.